The molecular weight excluding hydrogens is 276 g/mol. The molecular formula is C19H32O3. The third kappa shape index (κ3) is 2.46. The number of aliphatic hydroxyl groups excluding tert-OH is 1. The molecule has 3 N–H and O–H groups in total. The largest absolute Gasteiger partial charge is 0.393 e. The second-order valence-electron chi connectivity index (χ2n) is 8.66. The Morgan fingerprint density at radius 1 is 1.18 bits per heavy atom. The number of hydrogen-bond acceptors (Lipinski definition) is 3. The SMILES string of the molecule is CC1[C@H]2[C@H](CC[C@]1(C)[C@H](C)O)[C@H]1CCC(O)(O)CC1=C[C@H]2C. The van der Waals surface area contributed by atoms with Crippen molar-refractivity contribution in [1.82, 2.24) is 0 Å². The molecule has 0 aromatic rings. The molecule has 3 aliphatic rings. The molecule has 0 spiro atoms. The highest BCUT2D eigenvalue weighted by Crippen LogP contribution is 2.58. The molecule has 0 radical (unpaired) electrons. The summed E-state index contributed by atoms with van der Waals surface area (Å²) in [5.41, 5.74) is 1.28. The average molecular weight is 308 g/mol. The Morgan fingerprint density at radius 3 is 2.50 bits per heavy atom. The summed E-state index contributed by atoms with van der Waals surface area (Å²) in [5, 5.41) is 30.3. The lowest BCUT2D eigenvalue weighted by Gasteiger charge is -2.56. The Balaban J connectivity index is 1.91. The Bertz CT molecular complexity index is 467. The molecule has 0 aromatic heterocycles. The lowest BCUT2D eigenvalue weighted by molar-refractivity contribution is -0.181. The van der Waals surface area contributed by atoms with Crippen LogP contribution in [0.4, 0.5) is 0 Å². The van der Waals surface area contributed by atoms with Crippen molar-refractivity contribution in [1.29, 1.82) is 0 Å². The first-order valence-corrected chi connectivity index (χ1v) is 8.99. The topological polar surface area (TPSA) is 60.7 Å². The van der Waals surface area contributed by atoms with Crippen molar-refractivity contribution in [3.8, 4) is 0 Å². The predicted molar refractivity (Wildman–Crippen MR) is 86.9 cm³/mol. The summed E-state index contributed by atoms with van der Waals surface area (Å²) in [4.78, 5) is 0. The van der Waals surface area contributed by atoms with Crippen LogP contribution in [0.25, 0.3) is 0 Å². The molecule has 3 rings (SSSR count). The minimum Gasteiger partial charge on any atom is -0.393 e. The number of rotatable bonds is 1. The van der Waals surface area contributed by atoms with E-state index >= 15 is 0 Å². The van der Waals surface area contributed by atoms with E-state index in [-0.39, 0.29) is 11.5 Å². The number of allylic oxidation sites excluding steroid dienone is 1. The zero-order valence-electron chi connectivity index (χ0n) is 14.4. The molecule has 2 fully saturated rings. The highest BCUT2D eigenvalue weighted by atomic mass is 16.5. The maximum Gasteiger partial charge on any atom is 0.166 e. The van der Waals surface area contributed by atoms with Crippen LogP contribution >= 0.6 is 0 Å². The van der Waals surface area contributed by atoms with Gasteiger partial charge in [0, 0.05) is 12.8 Å². The van der Waals surface area contributed by atoms with E-state index in [1.54, 1.807) is 0 Å². The van der Waals surface area contributed by atoms with Gasteiger partial charge in [0.1, 0.15) is 0 Å². The van der Waals surface area contributed by atoms with E-state index in [0.29, 0.717) is 42.4 Å². The second-order valence-corrected chi connectivity index (χ2v) is 8.66. The van der Waals surface area contributed by atoms with Crippen LogP contribution < -0.4 is 0 Å². The molecule has 22 heavy (non-hydrogen) atoms. The minimum absolute atomic E-state index is 0.00710. The van der Waals surface area contributed by atoms with Crippen molar-refractivity contribution in [3.05, 3.63) is 11.6 Å². The fraction of sp³-hybridized carbons (Fsp3) is 0.895. The standard InChI is InChI=1S/C19H32O3/c1-11-9-14-10-19(21,22)8-6-15(14)16-5-7-18(4,13(3)20)12(2)17(11)16/h9,11-13,15-17,20-22H,5-8,10H2,1-4H3/t11-,12?,13+,15+,16-,17+,18+/m1/s1. The molecule has 0 saturated heterocycles. The zero-order valence-corrected chi connectivity index (χ0v) is 14.4. The average Bonchev–Trinajstić information content (AvgIpc) is 2.40. The number of aliphatic hydroxyl groups is 3. The van der Waals surface area contributed by atoms with Crippen LogP contribution in [0.1, 0.15) is 59.8 Å². The minimum atomic E-state index is -1.50. The molecule has 3 aliphatic carbocycles. The van der Waals surface area contributed by atoms with Crippen LogP contribution in [-0.2, 0) is 0 Å². The monoisotopic (exact) mass is 308 g/mol. The Kier molecular flexibility index (Phi) is 3.99. The lowest BCUT2D eigenvalue weighted by atomic mass is 9.49. The summed E-state index contributed by atoms with van der Waals surface area (Å²) in [5.74, 6) is 1.23. The fourth-order valence-corrected chi connectivity index (χ4v) is 5.85. The first-order valence-electron chi connectivity index (χ1n) is 8.99. The molecule has 3 nitrogen and oxygen atoms in total. The van der Waals surface area contributed by atoms with Gasteiger partial charge in [-0.15, -0.1) is 0 Å². The van der Waals surface area contributed by atoms with Crippen LogP contribution in [0.2, 0.25) is 0 Å². The van der Waals surface area contributed by atoms with E-state index < -0.39 is 5.79 Å². The second kappa shape index (κ2) is 5.32. The molecule has 0 amide bonds. The maximum atomic E-state index is 10.3. The van der Waals surface area contributed by atoms with Crippen molar-refractivity contribution in [2.24, 2.45) is 35.0 Å². The van der Waals surface area contributed by atoms with Gasteiger partial charge in [-0.3, -0.25) is 0 Å². The van der Waals surface area contributed by atoms with Gasteiger partial charge in [0.25, 0.3) is 0 Å². The highest BCUT2D eigenvalue weighted by Gasteiger charge is 2.53. The molecule has 7 atom stereocenters. The summed E-state index contributed by atoms with van der Waals surface area (Å²) < 4.78 is 0. The maximum absolute atomic E-state index is 10.3. The Hall–Kier alpha value is -0.380. The molecule has 0 bridgehead atoms. The van der Waals surface area contributed by atoms with Gasteiger partial charge in [-0.05, 0) is 61.2 Å². The fourth-order valence-electron chi connectivity index (χ4n) is 5.85. The predicted octanol–water partition coefficient (Wildman–Crippen LogP) is 3.09. The summed E-state index contributed by atoms with van der Waals surface area (Å²) >= 11 is 0. The van der Waals surface area contributed by atoms with E-state index in [1.165, 1.54) is 5.57 Å². The van der Waals surface area contributed by atoms with E-state index in [9.17, 15) is 15.3 Å². The number of fused-ring (bicyclic) bond motifs is 3. The highest BCUT2D eigenvalue weighted by molar-refractivity contribution is 5.21. The van der Waals surface area contributed by atoms with Gasteiger partial charge in [-0.1, -0.05) is 32.4 Å². The molecule has 126 valence electrons. The van der Waals surface area contributed by atoms with E-state index in [4.69, 9.17) is 0 Å². The first kappa shape index (κ1) is 16.5. The van der Waals surface area contributed by atoms with Crippen LogP contribution in [-0.4, -0.2) is 27.2 Å². The third-order valence-corrected chi connectivity index (χ3v) is 7.50. The lowest BCUT2D eigenvalue weighted by Crippen LogP contribution is -2.52. The molecule has 1 unspecified atom stereocenters. The van der Waals surface area contributed by atoms with Gasteiger partial charge in [0.05, 0.1) is 6.10 Å². The van der Waals surface area contributed by atoms with Gasteiger partial charge in [0.15, 0.2) is 5.79 Å². The normalized spacial score (nSPS) is 48.9. The van der Waals surface area contributed by atoms with Crippen molar-refractivity contribution < 1.29 is 15.3 Å². The molecule has 2 saturated carbocycles. The van der Waals surface area contributed by atoms with E-state index in [2.05, 4.69) is 26.8 Å². The van der Waals surface area contributed by atoms with E-state index in [0.717, 1.165) is 19.3 Å². The third-order valence-electron chi connectivity index (χ3n) is 7.50. The van der Waals surface area contributed by atoms with Crippen molar-refractivity contribution in [2.75, 3.05) is 0 Å². The van der Waals surface area contributed by atoms with Crippen LogP contribution in [0.5, 0.6) is 0 Å². The summed E-state index contributed by atoms with van der Waals surface area (Å²) in [7, 11) is 0. The first-order chi connectivity index (χ1) is 10.2. The van der Waals surface area contributed by atoms with Crippen molar-refractivity contribution in [2.45, 2.75) is 71.7 Å². The van der Waals surface area contributed by atoms with Crippen LogP contribution in [0, 0.1) is 35.0 Å². The van der Waals surface area contributed by atoms with Gasteiger partial charge >= 0.3 is 0 Å². The quantitative estimate of drug-likeness (QED) is 0.515. The Labute approximate surface area is 134 Å². The van der Waals surface area contributed by atoms with Gasteiger partial charge in [-0.25, -0.2) is 0 Å². The molecule has 0 heterocycles. The van der Waals surface area contributed by atoms with Gasteiger partial charge < -0.3 is 15.3 Å². The summed E-state index contributed by atoms with van der Waals surface area (Å²) in [6, 6.07) is 0. The number of hydrogen-bond donors (Lipinski definition) is 3. The van der Waals surface area contributed by atoms with Crippen molar-refractivity contribution in [3.63, 3.8) is 0 Å². The van der Waals surface area contributed by atoms with E-state index in [1.807, 2.05) is 6.92 Å². The summed E-state index contributed by atoms with van der Waals surface area (Å²) in [6.45, 7) is 8.79. The van der Waals surface area contributed by atoms with Gasteiger partial charge in [0.2, 0.25) is 0 Å². The zero-order chi connectivity index (χ0) is 16.3. The smallest absolute Gasteiger partial charge is 0.166 e. The van der Waals surface area contributed by atoms with Crippen LogP contribution in [0.3, 0.4) is 0 Å². The molecule has 0 aliphatic heterocycles. The summed E-state index contributed by atoms with van der Waals surface area (Å²) in [6.07, 6.45) is 6.10. The van der Waals surface area contributed by atoms with Crippen LogP contribution in [0.15, 0.2) is 11.6 Å². The Morgan fingerprint density at radius 2 is 1.86 bits per heavy atom. The molecule has 3 heteroatoms. The van der Waals surface area contributed by atoms with Crippen molar-refractivity contribution >= 4 is 0 Å². The molecule has 0 aromatic carbocycles. The van der Waals surface area contributed by atoms with Gasteiger partial charge in [-0.2, -0.15) is 0 Å².